The van der Waals surface area contributed by atoms with Crippen molar-refractivity contribution in [2.75, 3.05) is 27.2 Å². The van der Waals surface area contributed by atoms with Gasteiger partial charge >= 0.3 is 0 Å². The molecule has 0 fully saturated rings. The fraction of sp³-hybridized carbons (Fsp3) is 0.556. The monoisotopic (exact) mass is 335 g/mol. The van der Waals surface area contributed by atoms with Crippen LogP contribution in [0.2, 0.25) is 0 Å². The number of hydrogen-bond acceptors (Lipinski definition) is 4. The number of likely N-dealkylation sites (N-methyl/N-ethyl adjacent to an activating group) is 1. The van der Waals surface area contributed by atoms with Gasteiger partial charge in [-0.15, -0.1) is 0 Å². The van der Waals surface area contributed by atoms with Gasteiger partial charge in [-0.05, 0) is 31.8 Å². The molecule has 1 rings (SSSR count). The summed E-state index contributed by atoms with van der Waals surface area (Å²) in [4.78, 5) is 26.7. The fourth-order valence-corrected chi connectivity index (χ4v) is 1.98. The van der Waals surface area contributed by atoms with Gasteiger partial charge in [0.05, 0.1) is 0 Å². The van der Waals surface area contributed by atoms with Crippen LogP contribution in [-0.2, 0) is 16.0 Å². The van der Waals surface area contributed by atoms with Crippen molar-refractivity contribution in [3.8, 4) is 5.75 Å². The van der Waals surface area contributed by atoms with E-state index in [1.807, 2.05) is 39.8 Å². The molecule has 0 bridgehead atoms. The van der Waals surface area contributed by atoms with Crippen LogP contribution in [0, 0.1) is 5.41 Å². The Morgan fingerprint density at radius 3 is 2.25 bits per heavy atom. The van der Waals surface area contributed by atoms with Crippen LogP contribution >= 0.6 is 0 Å². The Balaban J connectivity index is 2.79. The van der Waals surface area contributed by atoms with E-state index in [1.165, 1.54) is 0 Å². The van der Waals surface area contributed by atoms with Crippen LogP contribution in [0.15, 0.2) is 24.3 Å². The molecule has 0 aliphatic rings. The zero-order valence-electron chi connectivity index (χ0n) is 15.2. The molecular formula is C18H29N3O3. The number of benzene rings is 1. The Hall–Kier alpha value is -2.08. The molecule has 1 aromatic rings. The van der Waals surface area contributed by atoms with Crippen LogP contribution in [0.1, 0.15) is 26.3 Å². The lowest BCUT2D eigenvalue weighted by Gasteiger charge is -2.24. The molecule has 0 saturated carbocycles. The normalized spacial score (nSPS) is 12.8. The molecule has 0 saturated heterocycles. The summed E-state index contributed by atoms with van der Waals surface area (Å²) in [6.45, 7) is 6.67. The Bertz CT molecular complexity index is 548. The highest BCUT2D eigenvalue weighted by molar-refractivity contribution is 5.89. The second kappa shape index (κ2) is 8.68. The molecular weight excluding hydrogens is 306 g/mol. The van der Waals surface area contributed by atoms with Crippen LogP contribution < -0.4 is 10.6 Å². The van der Waals surface area contributed by atoms with Crippen LogP contribution in [-0.4, -0.2) is 55.0 Å². The zero-order valence-corrected chi connectivity index (χ0v) is 15.2. The average Bonchev–Trinajstić information content (AvgIpc) is 2.47. The molecule has 134 valence electrons. The smallest absolute Gasteiger partial charge is 0.242 e. The molecule has 0 heterocycles. The molecule has 6 heteroatoms. The zero-order chi connectivity index (χ0) is 18.3. The number of carbonyl (C=O) groups is 2. The van der Waals surface area contributed by atoms with Gasteiger partial charge in [-0.3, -0.25) is 9.59 Å². The molecule has 0 aliphatic carbocycles. The summed E-state index contributed by atoms with van der Waals surface area (Å²) in [5, 5.41) is 15.1. The molecule has 3 N–H and O–H groups in total. The molecule has 0 aromatic heterocycles. The summed E-state index contributed by atoms with van der Waals surface area (Å²) in [6.07, 6.45) is 0.371. The second-order valence-electron chi connectivity index (χ2n) is 7.24. The highest BCUT2D eigenvalue weighted by atomic mass is 16.3. The van der Waals surface area contributed by atoms with Crippen molar-refractivity contribution < 1.29 is 14.7 Å². The van der Waals surface area contributed by atoms with E-state index in [1.54, 1.807) is 24.3 Å². The minimum Gasteiger partial charge on any atom is -0.508 e. The molecule has 0 spiro atoms. The number of nitrogens with zero attached hydrogens (tertiary/aromatic N) is 1. The lowest BCUT2D eigenvalue weighted by Crippen LogP contribution is -2.51. The summed E-state index contributed by atoms with van der Waals surface area (Å²) in [5.41, 5.74) is 0.298. The number of nitrogens with one attached hydrogen (secondary N) is 2. The molecule has 1 aromatic carbocycles. The predicted octanol–water partition coefficient (Wildman–Crippen LogP) is 1.14. The molecule has 1 atom stereocenters. The van der Waals surface area contributed by atoms with Crippen molar-refractivity contribution in [2.24, 2.45) is 5.41 Å². The van der Waals surface area contributed by atoms with Crippen LogP contribution in [0.4, 0.5) is 0 Å². The number of aromatic hydroxyl groups is 1. The van der Waals surface area contributed by atoms with E-state index in [0.717, 1.165) is 12.1 Å². The molecule has 24 heavy (non-hydrogen) atoms. The molecule has 2 amide bonds. The van der Waals surface area contributed by atoms with Crippen LogP contribution in [0.3, 0.4) is 0 Å². The maximum absolute atomic E-state index is 12.5. The lowest BCUT2D eigenvalue weighted by atomic mass is 9.94. The first-order valence-corrected chi connectivity index (χ1v) is 8.11. The Morgan fingerprint density at radius 1 is 1.17 bits per heavy atom. The van der Waals surface area contributed by atoms with Gasteiger partial charge in [-0.2, -0.15) is 0 Å². The number of rotatable bonds is 7. The summed E-state index contributed by atoms with van der Waals surface area (Å²) >= 11 is 0. The number of phenolic OH excluding ortho intramolecular Hbond substituents is 1. The third-order valence-corrected chi connectivity index (χ3v) is 3.54. The summed E-state index contributed by atoms with van der Waals surface area (Å²) in [5.74, 6) is -0.207. The third-order valence-electron chi connectivity index (χ3n) is 3.54. The van der Waals surface area contributed by atoms with E-state index in [-0.39, 0.29) is 17.6 Å². The Labute approximate surface area is 144 Å². The first kappa shape index (κ1) is 20.0. The van der Waals surface area contributed by atoms with Crippen molar-refractivity contribution in [1.29, 1.82) is 0 Å². The van der Waals surface area contributed by atoms with Gasteiger partial charge in [0, 0.05) is 24.9 Å². The molecule has 0 radical (unpaired) electrons. The summed E-state index contributed by atoms with van der Waals surface area (Å²) < 4.78 is 0. The van der Waals surface area contributed by atoms with Gasteiger partial charge in [0.1, 0.15) is 11.8 Å². The Morgan fingerprint density at radius 2 is 1.75 bits per heavy atom. The number of amides is 2. The van der Waals surface area contributed by atoms with Crippen LogP contribution in [0.25, 0.3) is 0 Å². The standard InChI is InChI=1S/C18H29N3O3/c1-18(2,3)17(24)20-15(16(23)19-10-11-21(4)5)12-13-6-8-14(22)9-7-13/h6-9,15,22H,10-12H2,1-5H3,(H,19,23)(H,20,24). The number of carbonyl (C=O) groups excluding carboxylic acids is 2. The van der Waals surface area contributed by atoms with Gasteiger partial charge in [-0.25, -0.2) is 0 Å². The van der Waals surface area contributed by atoms with Crippen molar-refractivity contribution in [1.82, 2.24) is 15.5 Å². The van der Waals surface area contributed by atoms with Gasteiger partial charge in [0.2, 0.25) is 11.8 Å². The first-order valence-electron chi connectivity index (χ1n) is 8.11. The van der Waals surface area contributed by atoms with E-state index >= 15 is 0 Å². The predicted molar refractivity (Wildman–Crippen MR) is 94.8 cm³/mol. The Kier molecular flexibility index (Phi) is 7.22. The van der Waals surface area contributed by atoms with E-state index in [0.29, 0.717) is 13.0 Å². The maximum Gasteiger partial charge on any atom is 0.242 e. The average molecular weight is 335 g/mol. The first-order chi connectivity index (χ1) is 11.1. The molecule has 0 aliphatic heterocycles. The topological polar surface area (TPSA) is 81.7 Å². The highest BCUT2D eigenvalue weighted by Gasteiger charge is 2.27. The van der Waals surface area contributed by atoms with E-state index in [2.05, 4.69) is 10.6 Å². The van der Waals surface area contributed by atoms with E-state index < -0.39 is 11.5 Å². The van der Waals surface area contributed by atoms with E-state index in [9.17, 15) is 14.7 Å². The maximum atomic E-state index is 12.5. The molecule has 1 unspecified atom stereocenters. The van der Waals surface area contributed by atoms with Gasteiger partial charge in [0.25, 0.3) is 0 Å². The number of hydrogen-bond donors (Lipinski definition) is 3. The SMILES string of the molecule is CN(C)CCNC(=O)C(Cc1ccc(O)cc1)NC(=O)C(C)(C)C. The van der Waals surface area contributed by atoms with E-state index in [4.69, 9.17) is 0 Å². The van der Waals surface area contributed by atoms with Crippen LogP contribution in [0.5, 0.6) is 5.75 Å². The lowest BCUT2D eigenvalue weighted by molar-refractivity contribution is -0.133. The van der Waals surface area contributed by atoms with Crippen molar-refractivity contribution in [3.05, 3.63) is 29.8 Å². The highest BCUT2D eigenvalue weighted by Crippen LogP contribution is 2.15. The second-order valence-corrected chi connectivity index (χ2v) is 7.24. The quantitative estimate of drug-likeness (QED) is 0.698. The summed E-state index contributed by atoms with van der Waals surface area (Å²) in [7, 11) is 3.86. The van der Waals surface area contributed by atoms with Crippen molar-refractivity contribution in [3.63, 3.8) is 0 Å². The fourth-order valence-electron chi connectivity index (χ4n) is 1.98. The number of phenols is 1. The largest absolute Gasteiger partial charge is 0.508 e. The molecule has 6 nitrogen and oxygen atoms in total. The minimum atomic E-state index is -0.650. The third kappa shape index (κ3) is 7.00. The van der Waals surface area contributed by atoms with Gasteiger partial charge < -0.3 is 20.6 Å². The van der Waals surface area contributed by atoms with Gasteiger partial charge in [0.15, 0.2) is 0 Å². The van der Waals surface area contributed by atoms with Crippen molar-refractivity contribution in [2.45, 2.75) is 33.2 Å². The minimum absolute atomic E-state index is 0.171. The summed E-state index contributed by atoms with van der Waals surface area (Å²) in [6, 6.07) is 5.99. The van der Waals surface area contributed by atoms with Gasteiger partial charge in [-0.1, -0.05) is 32.9 Å². The van der Waals surface area contributed by atoms with Crippen molar-refractivity contribution >= 4 is 11.8 Å².